The lowest BCUT2D eigenvalue weighted by molar-refractivity contribution is 0.861. The number of aromatic nitrogens is 2. The molecule has 5 nitrogen and oxygen atoms in total. The highest BCUT2D eigenvalue weighted by molar-refractivity contribution is 6.03. The highest BCUT2D eigenvalue weighted by Crippen LogP contribution is 2.29. The second-order valence-electron chi connectivity index (χ2n) is 5.01. The molecule has 0 amide bonds. The van der Waals surface area contributed by atoms with Crippen molar-refractivity contribution in [3.05, 3.63) is 72.1 Å². The van der Waals surface area contributed by atoms with E-state index < -0.39 is 0 Å². The lowest BCUT2D eigenvalue weighted by Crippen LogP contribution is -2.03. The van der Waals surface area contributed by atoms with Crippen LogP contribution in [0.25, 0.3) is 16.8 Å². The average Bonchev–Trinajstić information content (AvgIpc) is 3.02. The zero-order valence-corrected chi connectivity index (χ0v) is 12.6. The van der Waals surface area contributed by atoms with Crippen LogP contribution in [0.2, 0.25) is 0 Å². The molecule has 0 unspecified atom stereocenters. The van der Waals surface area contributed by atoms with Gasteiger partial charge in [-0.25, -0.2) is 4.68 Å². The first-order chi connectivity index (χ1) is 11.3. The molecule has 0 saturated carbocycles. The van der Waals surface area contributed by atoms with E-state index in [4.69, 9.17) is 5.84 Å². The van der Waals surface area contributed by atoms with Gasteiger partial charge >= 0.3 is 0 Å². The molecule has 1 heterocycles. The van der Waals surface area contributed by atoms with Gasteiger partial charge in [-0.1, -0.05) is 48.5 Å². The van der Waals surface area contributed by atoms with Gasteiger partial charge in [-0.05, 0) is 24.6 Å². The summed E-state index contributed by atoms with van der Waals surface area (Å²) in [5, 5.41) is 18.0. The highest BCUT2D eigenvalue weighted by Gasteiger charge is 2.21. The Morgan fingerprint density at radius 1 is 1.09 bits per heavy atom. The van der Waals surface area contributed by atoms with Gasteiger partial charge < -0.3 is 5.84 Å². The summed E-state index contributed by atoms with van der Waals surface area (Å²) >= 11 is 0. The number of para-hydroxylation sites is 1. The zero-order chi connectivity index (χ0) is 16.2. The second kappa shape index (κ2) is 6.16. The maximum Gasteiger partial charge on any atom is 0.152 e. The van der Waals surface area contributed by atoms with Gasteiger partial charge in [0, 0.05) is 5.56 Å². The predicted molar refractivity (Wildman–Crippen MR) is 90.1 cm³/mol. The molecule has 0 aliphatic carbocycles. The van der Waals surface area contributed by atoms with Gasteiger partial charge in [0.25, 0.3) is 0 Å². The van der Waals surface area contributed by atoms with Crippen LogP contribution in [-0.2, 0) is 0 Å². The summed E-state index contributed by atoms with van der Waals surface area (Å²) in [5.41, 5.74) is 4.11. The average molecular weight is 301 g/mol. The maximum absolute atomic E-state index is 9.71. The number of rotatable bonds is 3. The molecular formula is C18H15N5. The smallest absolute Gasteiger partial charge is 0.152 e. The summed E-state index contributed by atoms with van der Waals surface area (Å²) < 4.78 is 1.63. The molecule has 3 aromatic rings. The van der Waals surface area contributed by atoms with Crippen LogP contribution in [0.3, 0.4) is 0 Å². The lowest BCUT2D eigenvalue weighted by Gasteiger charge is -2.03. The number of nitrogens with zero attached hydrogens (tertiary/aromatic N) is 4. The van der Waals surface area contributed by atoms with E-state index in [2.05, 4.69) is 16.3 Å². The standard InChI is InChI=1S/C18H15N5/c1-13(21-20)18-17(14-8-4-2-5-9-14)16(12-19)23(22-18)15-10-6-3-7-11-15/h2-11H,20H2,1H3/b21-13+. The molecule has 5 heteroatoms. The van der Waals surface area contributed by atoms with Crippen molar-refractivity contribution in [3.8, 4) is 22.9 Å². The first-order valence-corrected chi connectivity index (χ1v) is 7.15. The van der Waals surface area contributed by atoms with Gasteiger partial charge in [0.05, 0.1) is 11.4 Å². The van der Waals surface area contributed by atoms with Crippen molar-refractivity contribution in [2.45, 2.75) is 6.92 Å². The summed E-state index contributed by atoms with van der Waals surface area (Å²) in [7, 11) is 0. The second-order valence-corrected chi connectivity index (χ2v) is 5.01. The fourth-order valence-corrected chi connectivity index (χ4v) is 2.47. The molecule has 0 aliphatic heterocycles. The van der Waals surface area contributed by atoms with Crippen LogP contribution in [0.15, 0.2) is 65.8 Å². The lowest BCUT2D eigenvalue weighted by atomic mass is 10.0. The van der Waals surface area contributed by atoms with Gasteiger partial charge in [-0.3, -0.25) is 0 Å². The molecule has 0 aliphatic rings. The molecule has 2 aromatic carbocycles. The summed E-state index contributed by atoms with van der Waals surface area (Å²) in [6.07, 6.45) is 0. The minimum absolute atomic E-state index is 0.459. The van der Waals surface area contributed by atoms with Gasteiger partial charge in [-0.2, -0.15) is 15.5 Å². The molecule has 0 bridgehead atoms. The molecule has 23 heavy (non-hydrogen) atoms. The van der Waals surface area contributed by atoms with Crippen molar-refractivity contribution in [2.24, 2.45) is 10.9 Å². The largest absolute Gasteiger partial charge is 0.323 e. The van der Waals surface area contributed by atoms with E-state index in [9.17, 15) is 5.26 Å². The predicted octanol–water partition coefficient (Wildman–Crippen LogP) is 3.09. The van der Waals surface area contributed by atoms with Crippen LogP contribution in [0, 0.1) is 11.3 Å². The van der Waals surface area contributed by atoms with Crippen LogP contribution < -0.4 is 5.84 Å². The minimum atomic E-state index is 0.459. The molecule has 0 spiro atoms. The van der Waals surface area contributed by atoms with Crippen LogP contribution in [-0.4, -0.2) is 15.5 Å². The maximum atomic E-state index is 9.71. The molecule has 3 rings (SSSR count). The number of hydrazone groups is 1. The number of nitriles is 1. The van der Waals surface area contributed by atoms with Crippen molar-refractivity contribution < 1.29 is 0 Å². The van der Waals surface area contributed by atoms with Gasteiger partial charge in [0.2, 0.25) is 0 Å². The van der Waals surface area contributed by atoms with Gasteiger partial charge in [0.1, 0.15) is 11.8 Å². The third-order valence-electron chi connectivity index (χ3n) is 3.59. The normalized spacial score (nSPS) is 11.2. The van der Waals surface area contributed by atoms with Crippen molar-refractivity contribution in [2.75, 3.05) is 0 Å². The molecule has 0 radical (unpaired) electrons. The summed E-state index contributed by atoms with van der Waals surface area (Å²) in [6.45, 7) is 1.78. The monoisotopic (exact) mass is 301 g/mol. The van der Waals surface area contributed by atoms with Crippen LogP contribution in [0.5, 0.6) is 0 Å². The molecule has 2 N–H and O–H groups in total. The van der Waals surface area contributed by atoms with E-state index in [1.165, 1.54) is 0 Å². The topological polar surface area (TPSA) is 80.0 Å². The Balaban J connectivity index is 2.34. The van der Waals surface area contributed by atoms with E-state index in [-0.39, 0.29) is 0 Å². The summed E-state index contributed by atoms with van der Waals surface area (Å²) in [4.78, 5) is 0. The number of hydrogen-bond acceptors (Lipinski definition) is 4. The van der Waals surface area contributed by atoms with E-state index in [1.54, 1.807) is 11.6 Å². The Labute approximate surface area is 134 Å². The van der Waals surface area contributed by atoms with Crippen molar-refractivity contribution in [1.29, 1.82) is 5.26 Å². The van der Waals surface area contributed by atoms with Gasteiger partial charge in [-0.15, -0.1) is 0 Å². The summed E-state index contributed by atoms with van der Waals surface area (Å²) in [6, 6.07) is 21.5. The number of nitrogens with two attached hydrogens (primary N) is 1. The Hall–Kier alpha value is -3.39. The summed E-state index contributed by atoms with van der Waals surface area (Å²) in [5.74, 6) is 5.45. The SMILES string of the molecule is C/C(=N\N)c1nn(-c2ccccc2)c(C#N)c1-c1ccccc1. The van der Waals surface area contributed by atoms with Gasteiger partial charge in [0.15, 0.2) is 5.69 Å². The Bertz CT molecular complexity index is 886. The van der Waals surface area contributed by atoms with E-state index in [0.29, 0.717) is 17.1 Å². The van der Waals surface area contributed by atoms with E-state index >= 15 is 0 Å². The van der Waals surface area contributed by atoms with Crippen molar-refractivity contribution in [1.82, 2.24) is 9.78 Å². The Morgan fingerprint density at radius 2 is 1.70 bits per heavy atom. The van der Waals surface area contributed by atoms with E-state index in [1.807, 2.05) is 60.7 Å². The third kappa shape index (κ3) is 2.58. The first-order valence-electron chi connectivity index (χ1n) is 7.15. The molecule has 112 valence electrons. The Morgan fingerprint density at radius 3 is 2.26 bits per heavy atom. The highest BCUT2D eigenvalue weighted by atomic mass is 15.3. The first kappa shape index (κ1) is 14.5. The molecule has 1 aromatic heterocycles. The van der Waals surface area contributed by atoms with Crippen LogP contribution >= 0.6 is 0 Å². The number of hydrogen-bond donors (Lipinski definition) is 1. The zero-order valence-electron chi connectivity index (χ0n) is 12.6. The molecule has 0 fully saturated rings. The van der Waals surface area contributed by atoms with Crippen LogP contribution in [0.4, 0.5) is 0 Å². The quantitative estimate of drug-likeness (QED) is 0.458. The van der Waals surface area contributed by atoms with Crippen LogP contribution in [0.1, 0.15) is 18.3 Å². The molecule has 0 saturated heterocycles. The third-order valence-corrected chi connectivity index (χ3v) is 3.59. The molecule has 0 atom stereocenters. The Kier molecular flexibility index (Phi) is 3.89. The van der Waals surface area contributed by atoms with Crippen molar-refractivity contribution >= 4 is 5.71 Å². The fraction of sp³-hybridized carbons (Fsp3) is 0.0556. The van der Waals surface area contributed by atoms with E-state index in [0.717, 1.165) is 16.8 Å². The van der Waals surface area contributed by atoms with Crippen molar-refractivity contribution in [3.63, 3.8) is 0 Å². The fourth-order valence-electron chi connectivity index (χ4n) is 2.47. The molecular weight excluding hydrogens is 286 g/mol. The minimum Gasteiger partial charge on any atom is -0.323 e. The number of benzene rings is 2.